The van der Waals surface area contributed by atoms with Gasteiger partial charge in [-0.05, 0) is 25.0 Å². The fourth-order valence-corrected chi connectivity index (χ4v) is 2.24. The summed E-state index contributed by atoms with van der Waals surface area (Å²) in [5.74, 6) is 0.567. The fraction of sp³-hybridized carbons (Fsp3) is 0.455. The Hall–Kier alpha value is -1.09. The third-order valence-corrected chi connectivity index (χ3v) is 3.08. The molecule has 1 aliphatic rings. The zero-order valence-corrected chi connectivity index (χ0v) is 9.15. The molecule has 0 bridgehead atoms. The first kappa shape index (κ1) is 10.4. The van der Waals surface area contributed by atoms with Crippen LogP contribution in [0.2, 0.25) is 0 Å². The largest absolute Gasteiger partial charge is 0.334 e. The number of hydrogen-bond acceptors (Lipinski definition) is 2. The first-order valence-corrected chi connectivity index (χ1v) is 5.63. The van der Waals surface area contributed by atoms with Crippen molar-refractivity contribution >= 4 is 17.5 Å². The number of nitrogens with zero attached hydrogens (tertiary/aromatic N) is 2. The van der Waals surface area contributed by atoms with E-state index in [1.165, 1.54) is 0 Å². The van der Waals surface area contributed by atoms with Gasteiger partial charge in [0.25, 0.3) is 5.91 Å². The van der Waals surface area contributed by atoms with Gasteiger partial charge in [0.1, 0.15) is 0 Å². The van der Waals surface area contributed by atoms with E-state index in [1.54, 1.807) is 24.5 Å². The van der Waals surface area contributed by atoms with Crippen molar-refractivity contribution in [3.05, 3.63) is 30.1 Å². The molecule has 4 heteroatoms. The van der Waals surface area contributed by atoms with Crippen molar-refractivity contribution in [1.29, 1.82) is 0 Å². The maximum atomic E-state index is 12.0. The van der Waals surface area contributed by atoms with Crippen LogP contribution in [-0.2, 0) is 0 Å². The third-order valence-electron chi connectivity index (χ3n) is 2.72. The van der Waals surface area contributed by atoms with Gasteiger partial charge in [-0.15, -0.1) is 11.6 Å². The minimum Gasteiger partial charge on any atom is -0.334 e. The van der Waals surface area contributed by atoms with Crippen LogP contribution in [0.15, 0.2) is 24.5 Å². The van der Waals surface area contributed by atoms with Gasteiger partial charge in [0.2, 0.25) is 0 Å². The number of pyridine rings is 1. The number of halogens is 1. The third kappa shape index (κ3) is 2.12. The van der Waals surface area contributed by atoms with Gasteiger partial charge in [0.05, 0.1) is 5.56 Å². The molecule has 1 saturated heterocycles. The van der Waals surface area contributed by atoms with Crippen LogP contribution >= 0.6 is 11.6 Å². The molecule has 1 fully saturated rings. The highest BCUT2D eigenvalue weighted by Gasteiger charge is 2.28. The molecule has 0 aliphatic carbocycles. The van der Waals surface area contributed by atoms with E-state index in [1.807, 2.05) is 4.90 Å². The van der Waals surface area contributed by atoms with Crippen LogP contribution in [0.1, 0.15) is 23.2 Å². The SMILES string of the molecule is O=C(c1cccnc1)N1CCC[C@H]1CCl. The smallest absolute Gasteiger partial charge is 0.255 e. The van der Waals surface area contributed by atoms with E-state index in [2.05, 4.69) is 4.98 Å². The number of carbonyl (C=O) groups is 1. The fourth-order valence-electron chi connectivity index (χ4n) is 1.92. The molecular formula is C11H13ClN2O. The molecule has 1 aromatic rings. The van der Waals surface area contributed by atoms with Crippen LogP contribution in [0.5, 0.6) is 0 Å². The molecule has 2 heterocycles. The van der Waals surface area contributed by atoms with E-state index in [0.717, 1.165) is 19.4 Å². The highest BCUT2D eigenvalue weighted by Crippen LogP contribution is 2.20. The second-order valence-electron chi connectivity index (χ2n) is 3.69. The van der Waals surface area contributed by atoms with Crippen molar-refractivity contribution in [1.82, 2.24) is 9.88 Å². The van der Waals surface area contributed by atoms with Gasteiger partial charge >= 0.3 is 0 Å². The lowest BCUT2D eigenvalue weighted by Gasteiger charge is -2.22. The standard InChI is InChI=1S/C11H13ClN2O/c12-7-10-4-2-6-14(10)11(15)9-3-1-5-13-8-9/h1,3,5,8,10H,2,4,6-7H2/t10-/m0/s1. The van der Waals surface area contributed by atoms with Crippen molar-refractivity contribution in [2.75, 3.05) is 12.4 Å². The van der Waals surface area contributed by atoms with Crippen LogP contribution in [0.4, 0.5) is 0 Å². The Labute approximate surface area is 94.1 Å². The average Bonchev–Trinajstić information content (AvgIpc) is 2.77. The Bertz CT molecular complexity index is 342. The summed E-state index contributed by atoms with van der Waals surface area (Å²) in [7, 11) is 0. The summed E-state index contributed by atoms with van der Waals surface area (Å²) >= 11 is 5.82. The number of hydrogen-bond donors (Lipinski definition) is 0. The number of alkyl halides is 1. The molecule has 0 aromatic carbocycles. The summed E-state index contributed by atoms with van der Waals surface area (Å²) in [4.78, 5) is 17.8. The van der Waals surface area contributed by atoms with Gasteiger partial charge in [-0.3, -0.25) is 9.78 Å². The van der Waals surface area contributed by atoms with Crippen molar-refractivity contribution in [3.63, 3.8) is 0 Å². The highest BCUT2D eigenvalue weighted by molar-refractivity contribution is 6.18. The molecule has 15 heavy (non-hydrogen) atoms. The van der Waals surface area contributed by atoms with Gasteiger partial charge in [0.15, 0.2) is 0 Å². The van der Waals surface area contributed by atoms with Crippen molar-refractivity contribution in [2.45, 2.75) is 18.9 Å². The lowest BCUT2D eigenvalue weighted by atomic mass is 10.2. The summed E-state index contributed by atoms with van der Waals surface area (Å²) in [5, 5.41) is 0. The second kappa shape index (κ2) is 4.62. The van der Waals surface area contributed by atoms with Crippen LogP contribution in [0.25, 0.3) is 0 Å². The molecule has 0 saturated carbocycles. The predicted octanol–water partition coefficient (Wildman–Crippen LogP) is 1.93. The van der Waals surface area contributed by atoms with Crippen LogP contribution in [0, 0.1) is 0 Å². The van der Waals surface area contributed by atoms with Gasteiger partial charge in [0, 0.05) is 30.9 Å². The lowest BCUT2D eigenvalue weighted by molar-refractivity contribution is 0.0749. The molecule has 1 atom stereocenters. The van der Waals surface area contributed by atoms with Gasteiger partial charge in [-0.2, -0.15) is 0 Å². The first-order chi connectivity index (χ1) is 7.33. The predicted molar refractivity (Wildman–Crippen MR) is 59.0 cm³/mol. The van der Waals surface area contributed by atoms with Gasteiger partial charge in [-0.1, -0.05) is 0 Å². The quantitative estimate of drug-likeness (QED) is 0.720. The number of rotatable bonds is 2. The summed E-state index contributed by atoms with van der Waals surface area (Å²) in [6.45, 7) is 0.811. The number of aromatic nitrogens is 1. The van der Waals surface area contributed by atoms with E-state index < -0.39 is 0 Å². The number of amides is 1. The zero-order valence-electron chi connectivity index (χ0n) is 8.40. The molecule has 0 radical (unpaired) electrons. The average molecular weight is 225 g/mol. The summed E-state index contributed by atoms with van der Waals surface area (Å²) in [6, 6.07) is 3.76. The van der Waals surface area contributed by atoms with Gasteiger partial charge < -0.3 is 4.90 Å². The van der Waals surface area contributed by atoms with Crippen molar-refractivity contribution < 1.29 is 4.79 Å². The van der Waals surface area contributed by atoms with E-state index >= 15 is 0 Å². The number of carbonyl (C=O) groups excluding carboxylic acids is 1. The molecule has 1 aliphatic heterocycles. The van der Waals surface area contributed by atoms with Crippen LogP contribution in [0.3, 0.4) is 0 Å². The molecule has 80 valence electrons. The van der Waals surface area contributed by atoms with Gasteiger partial charge in [-0.25, -0.2) is 0 Å². The number of likely N-dealkylation sites (tertiary alicyclic amines) is 1. The summed E-state index contributed by atoms with van der Waals surface area (Å²) < 4.78 is 0. The van der Waals surface area contributed by atoms with Crippen molar-refractivity contribution in [2.24, 2.45) is 0 Å². The highest BCUT2D eigenvalue weighted by atomic mass is 35.5. The molecule has 0 N–H and O–H groups in total. The summed E-state index contributed by atoms with van der Waals surface area (Å²) in [6.07, 6.45) is 5.32. The van der Waals surface area contributed by atoms with E-state index in [-0.39, 0.29) is 11.9 Å². The Kier molecular flexibility index (Phi) is 3.21. The maximum Gasteiger partial charge on any atom is 0.255 e. The molecule has 3 nitrogen and oxygen atoms in total. The lowest BCUT2D eigenvalue weighted by Crippen LogP contribution is -2.36. The Morgan fingerprint density at radius 1 is 1.67 bits per heavy atom. The Balaban J connectivity index is 2.14. The van der Waals surface area contributed by atoms with E-state index in [4.69, 9.17) is 11.6 Å². The minimum absolute atomic E-state index is 0.0475. The monoisotopic (exact) mass is 224 g/mol. The second-order valence-corrected chi connectivity index (χ2v) is 4.00. The topological polar surface area (TPSA) is 33.2 Å². The normalized spacial score (nSPS) is 20.6. The molecular weight excluding hydrogens is 212 g/mol. The Morgan fingerprint density at radius 3 is 3.20 bits per heavy atom. The summed E-state index contributed by atoms with van der Waals surface area (Å²) in [5.41, 5.74) is 0.648. The minimum atomic E-state index is 0.0475. The molecule has 0 spiro atoms. The Morgan fingerprint density at radius 2 is 2.53 bits per heavy atom. The molecule has 2 rings (SSSR count). The van der Waals surface area contributed by atoms with Crippen LogP contribution < -0.4 is 0 Å². The maximum absolute atomic E-state index is 12.0. The first-order valence-electron chi connectivity index (χ1n) is 5.10. The van der Waals surface area contributed by atoms with E-state index in [0.29, 0.717) is 11.4 Å². The molecule has 0 unspecified atom stereocenters. The molecule has 1 aromatic heterocycles. The molecule has 1 amide bonds. The van der Waals surface area contributed by atoms with Crippen molar-refractivity contribution in [3.8, 4) is 0 Å². The zero-order chi connectivity index (χ0) is 10.7. The van der Waals surface area contributed by atoms with Crippen LogP contribution in [-0.4, -0.2) is 34.3 Å². The van der Waals surface area contributed by atoms with E-state index in [9.17, 15) is 4.79 Å².